The van der Waals surface area contributed by atoms with Crippen molar-refractivity contribution < 1.29 is 4.74 Å². The molecule has 1 heterocycles. The van der Waals surface area contributed by atoms with Crippen LogP contribution in [0.5, 0.6) is 0 Å². The van der Waals surface area contributed by atoms with Crippen molar-refractivity contribution in [1.82, 2.24) is 4.90 Å². The van der Waals surface area contributed by atoms with Crippen molar-refractivity contribution in [2.24, 2.45) is 0 Å². The molecule has 1 saturated heterocycles. The van der Waals surface area contributed by atoms with Crippen LogP contribution in [0.25, 0.3) is 0 Å². The van der Waals surface area contributed by atoms with Gasteiger partial charge in [0.1, 0.15) is 0 Å². The summed E-state index contributed by atoms with van der Waals surface area (Å²) in [6.45, 7) is 6.72. The van der Waals surface area contributed by atoms with E-state index in [1.54, 1.807) is 0 Å². The number of halogens is 1. The lowest BCUT2D eigenvalue weighted by Crippen LogP contribution is -2.42. The summed E-state index contributed by atoms with van der Waals surface area (Å²) >= 11 is 5.62. The third-order valence-electron chi connectivity index (χ3n) is 1.93. The van der Waals surface area contributed by atoms with Crippen LogP contribution in [-0.2, 0) is 4.74 Å². The van der Waals surface area contributed by atoms with Crippen LogP contribution in [0.2, 0.25) is 0 Å². The summed E-state index contributed by atoms with van der Waals surface area (Å²) in [4.78, 5) is 2.14. The third kappa shape index (κ3) is 3.35. The predicted molar refractivity (Wildman–Crippen MR) is 51.7 cm³/mol. The molecule has 0 amide bonds. The van der Waals surface area contributed by atoms with E-state index in [0.29, 0.717) is 19.0 Å². The van der Waals surface area contributed by atoms with Gasteiger partial charge in [-0.25, -0.2) is 0 Å². The summed E-state index contributed by atoms with van der Waals surface area (Å²) in [6, 6.07) is 2.10. The summed E-state index contributed by atoms with van der Waals surface area (Å²) in [5, 5.41) is 8.65. The third-order valence-corrected chi connectivity index (χ3v) is 2.31. The monoisotopic (exact) mass is 200 g/mol. The molecule has 0 N–H and O–H groups in total. The quantitative estimate of drug-likeness (QED) is 0.504. The molecule has 0 aliphatic carbocycles. The van der Waals surface area contributed by atoms with Crippen LogP contribution in [0.1, 0.15) is 0 Å². The van der Waals surface area contributed by atoms with Gasteiger partial charge in [0.2, 0.25) is 0 Å². The van der Waals surface area contributed by atoms with E-state index in [1.165, 1.54) is 0 Å². The number of nitrogens with zero attached hydrogens (tertiary/aromatic N) is 2. The number of hydrogen-bond donors (Lipinski definition) is 0. The Morgan fingerprint density at radius 1 is 1.77 bits per heavy atom. The molecule has 3 nitrogen and oxygen atoms in total. The molecular formula is C9H13ClN2O. The molecule has 4 heteroatoms. The van der Waals surface area contributed by atoms with Crippen molar-refractivity contribution in [1.29, 1.82) is 5.26 Å². The highest BCUT2D eigenvalue weighted by Crippen LogP contribution is 2.07. The van der Waals surface area contributed by atoms with Crippen molar-refractivity contribution in [3.63, 3.8) is 0 Å². The molecule has 0 bridgehead atoms. The van der Waals surface area contributed by atoms with Crippen molar-refractivity contribution in [2.45, 2.75) is 6.10 Å². The first kappa shape index (κ1) is 10.5. The van der Waals surface area contributed by atoms with Gasteiger partial charge in [-0.15, -0.1) is 11.6 Å². The minimum atomic E-state index is -0.295. The number of ether oxygens (including phenoxy) is 1. The molecule has 0 aromatic heterocycles. The number of alkyl halides is 1. The maximum absolute atomic E-state index is 8.65. The van der Waals surface area contributed by atoms with Gasteiger partial charge >= 0.3 is 0 Å². The lowest BCUT2D eigenvalue weighted by molar-refractivity contribution is 0.00430. The average molecular weight is 201 g/mol. The predicted octanol–water partition coefficient (Wildman–Crippen LogP) is 1.01. The first-order valence-corrected chi connectivity index (χ1v) is 4.76. The van der Waals surface area contributed by atoms with E-state index in [4.69, 9.17) is 21.6 Å². The second-order valence-electron chi connectivity index (χ2n) is 3.11. The standard InChI is InChI=1S/C9H13ClN2O/c1-8(4-10)6-12-2-3-13-9(5-11)7-12/h9H,1-4,6-7H2. The maximum Gasteiger partial charge on any atom is 0.156 e. The van der Waals surface area contributed by atoms with Gasteiger partial charge in [0.05, 0.1) is 12.7 Å². The van der Waals surface area contributed by atoms with Crippen LogP contribution in [0.15, 0.2) is 12.2 Å². The lowest BCUT2D eigenvalue weighted by Gasteiger charge is -2.29. The van der Waals surface area contributed by atoms with Crippen molar-refractivity contribution in [2.75, 3.05) is 32.1 Å². The average Bonchev–Trinajstić information content (AvgIpc) is 2.18. The molecule has 0 aromatic carbocycles. The Kier molecular flexibility index (Phi) is 4.23. The minimum Gasteiger partial charge on any atom is -0.361 e. The fourth-order valence-electron chi connectivity index (χ4n) is 1.28. The van der Waals surface area contributed by atoms with E-state index in [2.05, 4.69) is 17.5 Å². The normalized spacial score (nSPS) is 23.8. The largest absolute Gasteiger partial charge is 0.361 e. The Balaban J connectivity index is 2.35. The van der Waals surface area contributed by atoms with Gasteiger partial charge in [0, 0.05) is 25.5 Å². The highest BCUT2D eigenvalue weighted by molar-refractivity contribution is 6.19. The smallest absolute Gasteiger partial charge is 0.156 e. The molecule has 0 spiro atoms. The molecule has 0 radical (unpaired) electrons. The van der Waals surface area contributed by atoms with Crippen LogP contribution < -0.4 is 0 Å². The fraction of sp³-hybridized carbons (Fsp3) is 0.667. The Morgan fingerprint density at radius 3 is 3.15 bits per heavy atom. The highest BCUT2D eigenvalue weighted by atomic mass is 35.5. The molecule has 13 heavy (non-hydrogen) atoms. The number of hydrogen-bond acceptors (Lipinski definition) is 3. The number of morpholine rings is 1. The summed E-state index contributed by atoms with van der Waals surface area (Å²) in [5.74, 6) is 0.481. The van der Waals surface area contributed by atoms with Crippen molar-refractivity contribution in [3.05, 3.63) is 12.2 Å². The zero-order valence-electron chi connectivity index (χ0n) is 7.50. The van der Waals surface area contributed by atoms with Gasteiger partial charge in [-0.3, -0.25) is 4.90 Å². The Bertz CT molecular complexity index is 224. The topological polar surface area (TPSA) is 36.3 Å². The van der Waals surface area contributed by atoms with Crippen LogP contribution in [0.3, 0.4) is 0 Å². The van der Waals surface area contributed by atoms with E-state index in [9.17, 15) is 0 Å². The Hall–Kier alpha value is -0.560. The first-order valence-electron chi connectivity index (χ1n) is 4.22. The van der Waals surface area contributed by atoms with Gasteiger partial charge in [0.25, 0.3) is 0 Å². The van der Waals surface area contributed by atoms with Crippen LogP contribution in [0, 0.1) is 11.3 Å². The molecule has 1 aliphatic rings. The van der Waals surface area contributed by atoms with Gasteiger partial charge in [-0.05, 0) is 5.57 Å². The van der Waals surface area contributed by atoms with E-state index >= 15 is 0 Å². The molecule has 72 valence electrons. The first-order chi connectivity index (χ1) is 6.26. The van der Waals surface area contributed by atoms with Crippen LogP contribution in [0.4, 0.5) is 0 Å². The maximum atomic E-state index is 8.65. The van der Waals surface area contributed by atoms with Gasteiger partial charge in [-0.2, -0.15) is 5.26 Å². The van der Waals surface area contributed by atoms with E-state index < -0.39 is 0 Å². The number of nitriles is 1. The van der Waals surface area contributed by atoms with E-state index in [-0.39, 0.29) is 6.10 Å². The van der Waals surface area contributed by atoms with Gasteiger partial charge in [0.15, 0.2) is 6.10 Å². The summed E-state index contributed by atoms with van der Waals surface area (Å²) in [7, 11) is 0. The Labute approximate surface area is 83.5 Å². The van der Waals surface area contributed by atoms with Crippen molar-refractivity contribution >= 4 is 11.6 Å². The molecule has 1 aliphatic heterocycles. The summed E-state index contributed by atoms with van der Waals surface area (Å²) < 4.78 is 5.21. The molecule has 1 rings (SSSR count). The Morgan fingerprint density at radius 2 is 2.54 bits per heavy atom. The van der Waals surface area contributed by atoms with E-state index in [1.807, 2.05) is 0 Å². The molecule has 0 saturated carbocycles. The van der Waals surface area contributed by atoms with Crippen molar-refractivity contribution in [3.8, 4) is 6.07 Å². The zero-order chi connectivity index (χ0) is 9.68. The molecule has 1 atom stereocenters. The fourth-order valence-corrected chi connectivity index (χ4v) is 1.37. The van der Waals surface area contributed by atoms with Crippen LogP contribution in [-0.4, -0.2) is 43.1 Å². The second kappa shape index (κ2) is 5.23. The second-order valence-corrected chi connectivity index (χ2v) is 3.37. The summed E-state index contributed by atoms with van der Waals surface area (Å²) in [5.41, 5.74) is 0.986. The van der Waals surface area contributed by atoms with Gasteiger partial charge < -0.3 is 4.74 Å². The minimum absolute atomic E-state index is 0.295. The highest BCUT2D eigenvalue weighted by Gasteiger charge is 2.19. The molecule has 0 aromatic rings. The summed E-state index contributed by atoms with van der Waals surface area (Å²) in [6.07, 6.45) is -0.295. The number of rotatable bonds is 3. The van der Waals surface area contributed by atoms with Crippen LogP contribution >= 0.6 is 11.6 Å². The van der Waals surface area contributed by atoms with Gasteiger partial charge in [-0.1, -0.05) is 6.58 Å². The molecular weight excluding hydrogens is 188 g/mol. The SMILES string of the molecule is C=C(CCl)CN1CCOC(C#N)C1. The molecule has 1 unspecified atom stereocenters. The zero-order valence-corrected chi connectivity index (χ0v) is 8.26. The van der Waals surface area contributed by atoms with E-state index in [0.717, 1.165) is 18.7 Å². The molecule has 1 fully saturated rings. The lowest BCUT2D eigenvalue weighted by atomic mass is 10.2.